The Bertz CT molecular complexity index is 379. The first-order valence-corrected chi connectivity index (χ1v) is 4.92. The van der Waals surface area contributed by atoms with E-state index in [1.807, 2.05) is 0 Å². The van der Waals surface area contributed by atoms with Crippen LogP contribution in [0.1, 0.15) is 24.2 Å². The van der Waals surface area contributed by atoms with Crippen molar-refractivity contribution in [2.75, 3.05) is 0 Å². The fourth-order valence-electron chi connectivity index (χ4n) is 1.28. The zero-order valence-corrected chi connectivity index (χ0v) is 9.18. The van der Waals surface area contributed by atoms with E-state index in [1.165, 1.54) is 19.1 Å². The largest absolute Gasteiger partial charge is 0.417 e. The number of nitrogens with two attached hydrogens (primary N) is 1. The van der Waals surface area contributed by atoms with Crippen molar-refractivity contribution < 1.29 is 18.3 Å². The molecule has 0 bridgehead atoms. The van der Waals surface area contributed by atoms with E-state index in [0.717, 1.165) is 6.07 Å². The van der Waals surface area contributed by atoms with Gasteiger partial charge in [0.15, 0.2) is 0 Å². The van der Waals surface area contributed by atoms with Crippen molar-refractivity contribution in [1.82, 2.24) is 0 Å². The molecule has 0 radical (unpaired) electrons. The quantitative estimate of drug-likeness (QED) is 0.851. The van der Waals surface area contributed by atoms with E-state index >= 15 is 0 Å². The van der Waals surface area contributed by atoms with Gasteiger partial charge in [-0.3, -0.25) is 0 Å². The molecule has 6 heteroatoms. The van der Waals surface area contributed by atoms with Crippen LogP contribution in [0.25, 0.3) is 0 Å². The van der Waals surface area contributed by atoms with Gasteiger partial charge in [-0.25, -0.2) is 0 Å². The summed E-state index contributed by atoms with van der Waals surface area (Å²) < 4.78 is 37.5. The number of hydrogen-bond donors (Lipinski definition) is 2. The first-order chi connectivity index (χ1) is 7.25. The minimum atomic E-state index is -4.54. The van der Waals surface area contributed by atoms with Crippen LogP contribution in [-0.2, 0) is 6.18 Å². The summed E-state index contributed by atoms with van der Waals surface area (Å²) in [6.07, 6.45) is -5.75. The Hall–Kier alpha value is -0.780. The zero-order chi connectivity index (χ0) is 12.5. The lowest BCUT2D eigenvalue weighted by molar-refractivity contribution is -0.137. The molecule has 0 saturated heterocycles. The molecule has 1 aromatic rings. The van der Waals surface area contributed by atoms with E-state index in [9.17, 15) is 18.3 Å². The predicted molar refractivity (Wildman–Crippen MR) is 55.1 cm³/mol. The van der Waals surface area contributed by atoms with Crippen molar-refractivity contribution in [2.24, 2.45) is 5.73 Å². The molecule has 0 fully saturated rings. The van der Waals surface area contributed by atoms with Crippen molar-refractivity contribution in [3.63, 3.8) is 0 Å². The number of rotatable bonds is 2. The number of benzene rings is 1. The van der Waals surface area contributed by atoms with Gasteiger partial charge in [0.2, 0.25) is 0 Å². The Balaban J connectivity index is 3.24. The van der Waals surface area contributed by atoms with E-state index < -0.39 is 28.9 Å². The SMILES string of the molecule is C[C@H](N)[C@H](O)c1cccc(C(F)(F)F)c1Cl. The second-order valence-electron chi connectivity index (χ2n) is 3.51. The second kappa shape index (κ2) is 4.61. The Morgan fingerprint density at radius 1 is 1.38 bits per heavy atom. The van der Waals surface area contributed by atoms with E-state index in [-0.39, 0.29) is 5.56 Å². The molecular formula is C10H11ClF3NO. The maximum atomic E-state index is 12.5. The Kier molecular flexibility index (Phi) is 3.83. The minimum absolute atomic E-state index is 0.00788. The van der Waals surface area contributed by atoms with Crippen molar-refractivity contribution >= 4 is 11.6 Å². The molecule has 2 nitrogen and oxygen atoms in total. The minimum Gasteiger partial charge on any atom is -0.387 e. The van der Waals surface area contributed by atoms with Crippen LogP contribution in [0.4, 0.5) is 13.2 Å². The maximum Gasteiger partial charge on any atom is 0.417 e. The summed E-state index contributed by atoms with van der Waals surface area (Å²) >= 11 is 5.60. The smallest absolute Gasteiger partial charge is 0.387 e. The second-order valence-corrected chi connectivity index (χ2v) is 3.89. The predicted octanol–water partition coefficient (Wildman–Crippen LogP) is 2.74. The third kappa shape index (κ3) is 2.66. The van der Waals surface area contributed by atoms with Crippen molar-refractivity contribution in [3.8, 4) is 0 Å². The summed E-state index contributed by atoms with van der Waals surface area (Å²) in [5, 5.41) is 9.09. The third-order valence-electron chi connectivity index (χ3n) is 2.15. The van der Waals surface area contributed by atoms with Gasteiger partial charge in [0.05, 0.1) is 16.7 Å². The molecule has 1 aromatic carbocycles. The van der Waals surface area contributed by atoms with Crippen LogP contribution >= 0.6 is 11.6 Å². The van der Waals surface area contributed by atoms with Crippen LogP contribution in [0.3, 0.4) is 0 Å². The van der Waals surface area contributed by atoms with Gasteiger partial charge in [0, 0.05) is 11.6 Å². The average Bonchev–Trinajstić information content (AvgIpc) is 2.15. The molecule has 0 aliphatic carbocycles. The molecule has 0 amide bonds. The van der Waals surface area contributed by atoms with Crippen molar-refractivity contribution in [1.29, 1.82) is 0 Å². The topological polar surface area (TPSA) is 46.2 Å². The fourth-order valence-corrected chi connectivity index (χ4v) is 1.63. The monoisotopic (exact) mass is 253 g/mol. The highest BCUT2D eigenvalue weighted by molar-refractivity contribution is 6.32. The zero-order valence-electron chi connectivity index (χ0n) is 8.42. The van der Waals surface area contributed by atoms with Gasteiger partial charge in [-0.05, 0) is 13.0 Å². The van der Waals surface area contributed by atoms with Crippen LogP contribution in [0.5, 0.6) is 0 Å². The Labute approximate surface area is 95.8 Å². The van der Waals surface area contributed by atoms with Gasteiger partial charge < -0.3 is 10.8 Å². The summed E-state index contributed by atoms with van der Waals surface area (Å²) in [6.45, 7) is 1.49. The molecule has 2 atom stereocenters. The normalized spacial score (nSPS) is 15.9. The number of aliphatic hydroxyl groups excluding tert-OH is 1. The number of halogens is 4. The summed E-state index contributed by atoms with van der Waals surface area (Å²) in [5.41, 5.74) is 4.43. The van der Waals surface area contributed by atoms with Gasteiger partial charge in [-0.1, -0.05) is 23.7 Å². The van der Waals surface area contributed by atoms with Crippen LogP contribution < -0.4 is 5.73 Å². The lowest BCUT2D eigenvalue weighted by atomic mass is 10.0. The summed E-state index contributed by atoms with van der Waals surface area (Å²) in [5.74, 6) is 0. The lowest BCUT2D eigenvalue weighted by Crippen LogP contribution is -2.25. The van der Waals surface area contributed by atoms with E-state index in [0.29, 0.717) is 0 Å². The molecule has 3 N–H and O–H groups in total. The van der Waals surface area contributed by atoms with E-state index in [4.69, 9.17) is 17.3 Å². The van der Waals surface area contributed by atoms with E-state index in [1.54, 1.807) is 0 Å². The molecular weight excluding hydrogens is 243 g/mol. The van der Waals surface area contributed by atoms with Gasteiger partial charge >= 0.3 is 6.18 Å². The third-order valence-corrected chi connectivity index (χ3v) is 2.57. The summed E-state index contributed by atoms with van der Waals surface area (Å²) in [6, 6.07) is 2.68. The lowest BCUT2D eigenvalue weighted by Gasteiger charge is -2.18. The molecule has 16 heavy (non-hydrogen) atoms. The molecule has 1 rings (SSSR count). The highest BCUT2D eigenvalue weighted by Gasteiger charge is 2.34. The van der Waals surface area contributed by atoms with E-state index in [2.05, 4.69) is 0 Å². The standard InChI is InChI=1S/C10H11ClF3NO/c1-5(15)9(16)6-3-2-4-7(8(6)11)10(12,13)14/h2-5,9,16H,15H2,1H3/t5-,9-/m0/s1. The van der Waals surface area contributed by atoms with Gasteiger partial charge in [-0.2, -0.15) is 13.2 Å². The van der Waals surface area contributed by atoms with Crippen molar-refractivity contribution in [2.45, 2.75) is 25.2 Å². The van der Waals surface area contributed by atoms with Gasteiger partial charge in [-0.15, -0.1) is 0 Å². The maximum absolute atomic E-state index is 12.5. The number of aliphatic hydroxyl groups is 1. The molecule has 0 saturated carbocycles. The Morgan fingerprint density at radius 2 is 1.94 bits per heavy atom. The van der Waals surface area contributed by atoms with Gasteiger partial charge in [0.25, 0.3) is 0 Å². The first kappa shape index (κ1) is 13.3. The average molecular weight is 254 g/mol. The summed E-state index contributed by atoms with van der Waals surface area (Å²) in [4.78, 5) is 0. The van der Waals surface area contributed by atoms with Crippen molar-refractivity contribution in [3.05, 3.63) is 34.3 Å². The highest BCUT2D eigenvalue weighted by atomic mass is 35.5. The molecule has 0 unspecified atom stereocenters. The Morgan fingerprint density at radius 3 is 2.38 bits per heavy atom. The molecule has 0 spiro atoms. The summed E-state index contributed by atoms with van der Waals surface area (Å²) in [7, 11) is 0. The number of alkyl halides is 3. The molecule has 0 aliphatic heterocycles. The number of hydrogen-bond acceptors (Lipinski definition) is 2. The van der Waals surface area contributed by atoms with Crippen LogP contribution in [0.2, 0.25) is 5.02 Å². The molecule has 0 heterocycles. The first-order valence-electron chi connectivity index (χ1n) is 4.54. The molecule has 90 valence electrons. The highest BCUT2D eigenvalue weighted by Crippen LogP contribution is 2.38. The van der Waals surface area contributed by atoms with Crippen LogP contribution in [0.15, 0.2) is 18.2 Å². The molecule has 0 aliphatic rings. The fraction of sp³-hybridized carbons (Fsp3) is 0.400. The van der Waals surface area contributed by atoms with Crippen LogP contribution in [0, 0.1) is 0 Å². The molecule has 0 aromatic heterocycles. The van der Waals surface area contributed by atoms with Gasteiger partial charge in [0.1, 0.15) is 0 Å². The van der Waals surface area contributed by atoms with Crippen LogP contribution in [-0.4, -0.2) is 11.1 Å².